The number of anilines is 1. The normalized spacial score (nSPS) is 16.3. The molecule has 4 rings (SSSR count). The second-order valence-corrected chi connectivity index (χ2v) is 7.10. The van der Waals surface area contributed by atoms with Crippen molar-refractivity contribution < 1.29 is 9.52 Å². The van der Waals surface area contributed by atoms with Crippen molar-refractivity contribution in [1.82, 2.24) is 9.97 Å². The second kappa shape index (κ2) is 6.83. The topological polar surface area (TPSA) is 62.4 Å². The van der Waals surface area contributed by atoms with E-state index < -0.39 is 0 Å². The van der Waals surface area contributed by atoms with E-state index in [9.17, 15) is 5.11 Å². The number of furan rings is 1. The molecule has 3 aromatic rings. The largest absolute Gasteiger partial charge is 0.507 e. The van der Waals surface area contributed by atoms with Crippen LogP contribution in [-0.4, -0.2) is 22.1 Å². The van der Waals surface area contributed by atoms with Gasteiger partial charge in [0.2, 0.25) is 0 Å². The molecule has 26 heavy (non-hydrogen) atoms. The smallest absolute Gasteiger partial charge is 0.165 e. The molecule has 0 radical (unpaired) electrons. The number of fused-ring (bicyclic) bond motifs is 1. The maximum absolute atomic E-state index is 10.2. The van der Waals surface area contributed by atoms with E-state index in [1.807, 2.05) is 37.4 Å². The van der Waals surface area contributed by atoms with Gasteiger partial charge >= 0.3 is 0 Å². The molecule has 1 atom stereocenters. The number of para-hydroxylation sites is 1. The van der Waals surface area contributed by atoms with Crippen molar-refractivity contribution in [3.63, 3.8) is 0 Å². The van der Waals surface area contributed by atoms with Gasteiger partial charge in [0.25, 0.3) is 0 Å². The van der Waals surface area contributed by atoms with Gasteiger partial charge in [-0.1, -0.05) is 19.1 Å². The quantitative estimate of drug-likeness (QED) is 0.765. The average Bonchev–Trinajstić information content (AvgIpc) is 3.14. The van der Waals surface area contributed by atoms with E-state index in [1.165, 1.54) is 5.56 Å². The molecule has 0 amide bonds. The maximum Gasteiger partial charge on any atom is 0.165 e. The summed E-state index contributed by atoms with van der Waals surface area (Å²) >= 11 is 0. The first-order valence-corrected chi connectivity index (χ1v) is 9.03. The molecule has 2 aromatic heterocycles. The van der Waals surface area contributed by atoms with Gasteiger partial charge in [-0.2, -0.15) is 0 Å². The Morgan fingerprint density at radius 2 is 2.04 bits per heavy atom. The van der Waals surface area contributed by atoms with Gasteiger partial charge in [-0.05, 0) is 49.4 Å². The molecular weight excluding hydrogens is 326 g/mol. The lowest BCUT2D eigenvalue weighted by Crippen LogP contribution is -2.24. The van der Waals surface area contributed by atoms with Crippen LogP contribution in [0.15, 0.2) is 47.1 Å². The van der Waals surface area contributed by atoms with Crippen LogP contribution in [0.25, 0.3) is 11.4 Å². The molecule has 0 saturated carbocycles. The molecule has 0 fully saturated rings. The molecule has 0 bridgehead atoms. The molecule has 0 saturated heterocycles. The second-order valence-electron chi connectivity index (χ2n) is 7.10. The van der Waals surface area contributed by atoms with Gasteiger partial charge in [-0.3, -0.25) is 0 Å². The van der Waals surface area contributed by atoms with E-state index in [0.717, 1.165) is 36.5 Å². The SMILES string of the molecule is CC1CCc2c(nc(-c3ccccc3O)nc2N(C)Cc2ccco2)C1. The van der Waals surface area contributed by atoms with Gasteiger partial charge in [0, 0.05) is 12.6 Å². The fourth-order valence-corrected chi connectivity index (χ4v) is 3.58. The summed E-state index contributed by atoms with van der Waals surface area (Å²) in [6.07, 6.45) is 4.76. The third-order valence-corrected chi connectivity index (χ3v) is 4.98. The number of aromatic nitrogens is 2. The van der Waals surface area contributed by atoms with Crippen LogP contribution in [0, 0.1) is 5.92 Å². The molecular formula is C21H23N3O2. The zero-order chi connectivity index (χ0) is 18.1. The summed E-state index contributed by atoms with van der Waals surface area (Å²) in [4.78, 5) is 11.8. The minimum Gasteiger partial charge on any atom is -0.507 e. The van der Waals surface area contributed by atoms with Crippen LogP contribution >= 0.6 is 0 Å². The van der Waals surface area contributed by atoms with Gasteiger partial charge in [-0.25, -0.2) is 9.97 Å². The highest BCUT2D eigenvalue weighted by atomic mass is 16.3. The Hall–Kier alpha value is -2.82. The van der Waals surface area contributed by atoms with Crippen LogP contribution in [0.3, 0.4) is 0 Å². The van der Waals surface area contributed by atoms with E-state index in [-0.39, 0.29) is 5.75 Å². The predicted molar refractivity (Wildman–Crippen MR) is 101 cm³/mol. The number of phenolic OH excluding ortho intramolecular Hbond substituents is 1. The summed E-state index contributed by atoms with van der Waals surface area (Å²) in [6.45, 7) is 2.91. The Labute approximate surface area is 153 Å². The van der Waals surface area contributed by atoms with Crippen LogP contribution in [0.1, 0.15) is 30.4 Å². The number of rotatable bonds is 4. The Morgan fingerprint density at radius 3 is 2.81 bits per heavy atom. The fourth-order valence-electron chi connectivity index (χ4n) is 3.58. The zero-order valence-corrected chi connectivity index (χ0v) is 15.1. The predicted octanol–water partition coefficient (Wildman–Crippen LogP) is 4.20. The Bertz CT molecular complexity index is 906. The van der Waals surface area contributed by atoms with Gasteiger partial charge in [0.1, 0.15) is 17.3 Å². The number of phenols is 1. The summed E-state index contributed by atoms with van der Waals surface area (Å²) in [6, 6.07) is 11.1. The molecule has 1 unspecified atom stereocenters. The number of hydrogen-bond donors (Lipinski definition) is 1. The van der Waals surface area contributed by atoms with Gasteiger partial charge in [-0.15, -0.1) is 0 Å². The lowest BCUT2D eigenvalue weighted by atomic mass is 9.88. The Morgan fingerprint density at radius 1 is 1.19 bits per heavy atom. The summed E-state index contributed by atoms with van der Waals surface area (Å²) in [5, 5.41) is 10.2. The van der Waals surface area contributed by atoms with Crippen molar-refractivity contribution in [2.45, 2.75) is 32.7 Å². The van der Waals surface area contributed by atoms with Crippen LogP contribution in [0.2, 0.25) is 0 Å². The number of aromatic hydroxyl groups is 1. The first-order chi connectivity index (χ1) is 12.6. The summed E-state index contributed by atoms with van der Waals surface area (Å²) in [5.74, 6) is 3.22. The van der Waals surface area contributed by atoms with Gasteiger partial charge in [0.05, 0.1) is 24.1 Å². The van der Waals surface area contributed by atoms with Crippen molar-refractivity contribution in [2.75, 3.05) is 11.9 Å². The number of nitrogens with zero attached hydrogens (tertiary/aromatic N) is 3. The molecule has 5 heteroatoms. The highest BCUT2D eigenvalue weighted by Crippen LogP contribution is 2.34. The Kier molecular flexibility index (Phi) is 4.37. The lowest BCUT2D eigenvalue weighted by molar-refractivity contribution is 0.475. The van der Waals surface area contributed by atoms with Crippen molar-refractivity contribution in [1.29, 1.82) is 0 Å². The standard InChI is InChI=1S/C21H23N3O2/c1-14-9-10-16-18(12-14)22-20(17-7-3-4-8-19(17)25)23-21(16)24(2)13-15-6-5-11-26-15/h3-8,11,14,25H,9-10,12-13H2,1-2H3. The van der Waals surface area contributed by atoms with Crippen molar-refractivity contribution >= 4 is 5.82 Å². The van der Waals surface area contributed by atoms with E-state index >= 15 is 0 Å². The average molecular weight is 349 g/mol. The molecule has 0 spiro atoms. The van der Waals surface area contributed by atoms with Crippen LogP contribution in [-0.2, 0) is 19.4 Å². The molecule has 0 aliphatic heterocycles. The van der Waals surface area contributed by atoms with Gasteiger partial charge < -0.3 is 14.4 Å². The number of benzene rings is 1. The highest BCUT2D eigenvalue weighted by molar-refractivity contribution is 5.66. The van der Waals surface area contributed by atoms with Crippen molar-refractivity contribution in [3.05, 3.63) is 59.7 Å². The fraction of sp³-hybridized carbons (Fsp3) is 0.333. The minimum atomic E-state index is 0.205. The summed E-state index contributed by atoms with van der Waals surface area (Å²) < 4.78 is 5.50. The van der Waals surface area contributed by atoms with E-state index in [2.05, 4.69) is 11.8 Å². The molecule has 1 N–H and O–H groups in total. The van der Waals surface area contributed by atoms with Crippen molar-refractivity contribution in [2.24, 2.45) is 5.92 Å². The molecule has 1 aromatic carbocycles. The van der Waals surface area contributed by atoms with E-state index in [1.54, 1.807) is 12.3 Å². The molecule has 1 aliphatic carbocycles. The third kappa shape index (κ3) is 3.17. The van der Waals surface area contributed by atoms with Crippen molar-refractivity contribution in [3.8, 4) is 17.1 Å². The Balaban J connectivity index is 1.80. The van der Waals surface area contributed by atoms with Crippen LogP contribution < -0.4 is 4.90 Å². The summed E-state index contributed by atoms with van der Waals surface area (Å²) in [5.41, 5.74) is 2.98. The third-order valence-electron chi connectivity index (χ3n) is 4.98. The molecule has 1 aliphatic rings. The molecule has 134 valence electrons. The van der Waals surface area contributed by atoms with Crippen LogP contribution in [0.4, 0.5) is 5.82 Å². The maximum atomic E-state index is 10.2. The summed E-state index contributed by atoms with van der Waals surface area (Å²) in [7, 11) is 2.03. The van der Waals surface area contributed by atoms with E-state index in [0.29, 0.717) is 23.9 Å². The first-order valence-electron chi connectivity index (χ1n) is 9.03. The lowest BCUT2D eigenvalue weighted by Gasteiger charge is -2.27. The molecule has 5 nitrogen and oxygen atoms in total. The minimum absolute atomic E-state index is 0.205. The van der Waals surface area contributed by atoms with Crippen LogP contribution in [0.5, 0.6) is 5.75 Å². The van der Waals surface area contributed by atoms with E-state index in [4.69, 9.17) is 14.4 Å². The molecule has 2 heterocycles. The number of hydrogen-bond acceptors (Lipinski definition) is 5. The monoisotopic (exact) mass is 349 g/mol. The van der Waals surface area contributed by atoms with Gasteiger partial charge in [0.15, 0.2) is 5.82 Å². The zero-order valence-electron chi connectivity index (χ0n) is 15.1. The first kappa shape index (κ1) is 16.6. The highest BCUT2D eigenvalue weighted by Gasteiger charge is 2.24.